The van der Waals surface area contributed by atoms with Gasteiger partial charge in [0, 0.05) is 0 Å². The molecule has 0 aliphatic carbocycles. The first-order valence-electron chi connectivity index (χ1n) is 5.89. The van der Waals surface area contributed by atoms with Crippen LogP contribution < -0.4 is 0 Å². The first-order valence-corrected chi connectivity index (χ1v) is 11.4. The van der Waals surface area contributed by atoms with Gasteiger partial charge in [0.2, 0.25) is 0 Å². The van der Waals surface area contributed by atoms with Crippen LogP contribution in [0.3, 0.4) is 0 Å². The predicted molar refractivity (Wildman–Crippen MR) is 69.4 cm³/mol. The van der Waals surface area contributed by atoms with Crippen LogP contribution in [0.15, 0.2) is 0 Å². The summed E-state index contributed by atoms with van der Waals surface area (Å²) in [5.74, 6) is 5.99. The minimum absolute atomic E-state index is 0.0567. The number of carbonyl (C=O) groups is 1. The van der Waals surface area contributed by atoms with Crippen LogP contribution in [-0.4, -0.2) is 17.9 Å². The van der Waals surface area contributed by atoms with E-state index < -0.39 is 13.3 Å². The number of rotatable bonds is 4. The minimum atomic E-state index is -2.27. The standard InChI is InChI=1S/C13H24GeO/c1-7-14(8-2,9-3)12(15)10-11-13(4,5)6/h7-9H2,1-6H3. The van der Waals surface area contributed by atoms with E-state index in [9.17, 15) is 4.79 Å². The first kappa shape index (κ1) is 14.8. The van der Waals surface area contributed by atoms with Crippen molar-refractivity contribution in [2.75, 3.05) is 0 Å². The van der Waals surface area contributed by atoms with Crippen molar-refractivity contribution in [1.82, 2.24) is 0 Å². The summed E-state index contributed by atoms with van der Waals surface area (Å²) in [4.78, 5) is 12.1. The molecule has 0 fully saturated rings. The molecule has 2 heteroatoms. The van der Waals surface area contributed by atoms with E-state index in [0.29, 0.717) is 4.62 Å². The Bertz CT molecular complexity index is 263. The van der Waals surface area contributed by atoms with Gasteiger partial charge in [-0.2, -0.15) is 0 Å². The molecule has 0 spiro atoms. The quantitative estimate of drug-likeness (QED) is 0.562. The topological polar surface area (TPSA) is 17.1 Å². The third-order valence-corrected chi connectivity index (χ3v) is 13.9. The van der Waals surface area contributed by atoms with Gasteiger partial charge < -0.3 is 0 Å². The summed E-state index contributed by atoms with van der Waals surface area (Å²) in [5.41, 5.74) is -0.0567. The molecule has 0 unspecified atom stereocenters. The van der Waals surface area contributed by atoms with Crippen molar-refractivity contribution < 1.29 is 4.79 Å². The molecule has 0 heterocycles. The van der Waals surface area contributed by atoms with Crippen LogP contribution in [0.1, 0.15) is 41.5 Å². The van der Waals surface area contributed by atoms with Gasteiger partial charge in [-0.15, -0.1) is 0 Å². The number of hydrogen-bond acceptors (Lipinski definition) is 1. The third kappa shape index (κ3) is 4.42. The van der Waals surface area contributed by atoms with E-state index in [1.165, 1.54) is 0 Å². The summed E-state index contributed by atoms with van der Waals surface area (Å²) in [6, 6.07) is 0. The average Bonchev–Trinajstić information content (AvgIpc) is 2.17. The van der Waals surface area contributed by atoms with Crippen molar-refractivity contribution in [1.29, 1.82) is 0 Å². The van der Waals surface area contributed by atoms with Gasteiger partial charge in [0.25, 0.3) is 0 Å². The molecule has 86 valence electrons. The molecular formula is C13H24GeO. The summed E-state index contributed by atoms with van der Waals surface area (Å²) in [6.45, 7) is 12.6. The molecule has 0 saturated carbocycles. The fourth-order valence-electron chi connectivity index (χ4n) is 1.61. The van der Waals surface area contributed by atoms with Crippen LogP contribution in [0.5, 0.6) is 0 Å². The second kappa shape index (κ2) is 5.75. The molecule has 0 aliphatic rings. The van der Waals surface area contributed by atoms with Crippen molar-refractivity contribution >= 4 is 17.9 Å². The van der Waals surface area contributed by atoms with E-state index in [0.717, 1.165) is 15.8 Å². The van der Waals surface area contributed by atoms with Crippen LogP contribution >= 0.6 is 0 Å². The maximum absolute atomic E-state index is 12.1. The Morgan fingerprint density at radius 3 is 1.73 bits per heavy atom. The zero-order valence-electron chi connectivity index (χ0n) is 11.0. The van der Waals surface area contributed by atoms with Crippen molar-refractivity contribution in [3.63, 3.8) is 0 Å². The Morgan fingerprint density at radius 2 is 1.47 bits per heavy atom. The van der Waals surface area contributed by atoms with Gasteiger partial charge in [-0.05, 0) is 0 Å². The predicted octanol–water partition coefficient (Wildman–Crippen LogP) is 3.65. The Hall–Kier alpha value is -0.227. The molecule has 0 aromatic rings. The molecule has 0 saturated heterocycles. The fraction of sp³-hybridized carbons (Fsp3) is 0.769. The Kier molecular flexibility index (Phi) is 5.66. The van der Waals surface area contributed by atoms with E-state index in [4.69, 9.17) is 0 Å². The van der Waals surface area contributed by atoms with Gasteiger partial charge >= 0.3 is 97.2 Å². The molecule has 15 heavy (non-hydrogen) atoms. The van der Waals surface area contributed by atoms with Crippen LogP contribution in [0.2, 0.25) is 15.8 Å². The average molecular weight is 269 g/mol. The first-order chi connectivity index (χ1) is 6.81. The van der Waals surface area contributed by atoms with Crippen LogP contribution in [0.25, 0.3) is 0 Å². The normalized spacial score (nSPS) is 11.9. The summed E-state index contributed by atoms with van der Waals surface area (Å²) < 4.78 is 0.303. The molecule has 0 aromatic carbocycles. The van der Waals surface area contributed by atoms with Crippen molar-refractivity contribution in [2.24, 2.45) is 5.41 Å². The van der Waals surface area contributed by atoms with E-state index in [1.54, 1.807) is 0 Å². The second-order valence-electron chi connectivity index (χ2n) is 5.17. The van der Waals surface area contributed by atoms with Gasteiger partial charge in [-0.25, -0.2) is 0 Å². The molecular weight excluding hydrogens is 245 g/mol. The zero-order chi connectivity index (χ0) is 12.1. The Morgan fingerprint density at radius 1 is 1.07 bits per heavy atom. The van der Waals surface area contributed by atoms with Crippen LogP contribution in [-0.2, 0) is 4.79 Å². The SMILES string of the molecule is C[CH2][Ge]([CH2]C)([CH2]C)[C](=O)C#CC(C)(C)C. The van der Waals surface area contributed by atoms with E-state index in [2.05, 4.69) is 32.6 Å². The fourth-order valence-corrected chi connectivity index (χ4v) is 7.46. The summed E-state index contributed by atoms with van der Waals surface area (Å²) in [7, 11) is 0. The van der Waals surface area contributed by atoms with Gasteiger partial charge in [0.1, 0.15) is 0 Å². The molecule has 0 amide bonds. The molecule has 0 atom stereocenters. The van der Waals surface area contributed by atoms with Crippen molar-refractivity contribution in [3.8, 4) is 11.8 Å². The monoisotopic (exact) mass is 270 g/mol. The summed E-state index contributed by atoms with van der Waals surface area (Å²) >= 11 is -2.27. The zero-order valence-corrected chi connectivity index (χ0v) is 13.1. The Balaban J connectivity index is 4.88. The second-order valence-corrected chi connectivity index (χ2v) is 15.9. The summed E-state index contributed by atoms with van der Waals surface area (Å²) in [5, 5.41) is 3.22. The van der Waals surface area contributed by atoms with Gasteiger partial charge in [-0.1, -0.05) is 0 Å². The third-order valence-electron chi connectivity index (χ3n) is 3.06. The Labute approximate surface area is 97.4 Å². The molecule has 1 nitrogen and oxygen atoms in total. The van der Waals surface area contributed by atoms with E-state index >= 15 is 0 Å². The van der Waals surface area contributed by atoms with Crippen molar-refractivity contribution in [3.05, 3.63) is 0 Å². The molecule has 0 radical (unpaired) electrons. The van der Waals surface area contributed by atoms with Crippen molar-refractivity contribution in [2.45, 2.75) is 57.3 Å². The van der Waals surface area contributed by atoms with Crippen LogP contribution in [0.4, 0.5) is 0 Å². The molecule has 0 bridgehead atoms. The number of carbonyl (C=O) groups excluding carboxylic acids is 1. The summed E-state index contributed by atoms with van der Waals surface area (Å²) in [6.07, 6.45) is 0. The van der Waals surface area contributed by atoms with E-state index in [1.807, 2.05) is 20.8 Å². The molecule has 0 N–H and O–H groups in total. The molecule has 0 aromatic heterocycles. The molecule has 0 rings (SSSR count). The van der Waals surface area contributed by atoms with Crippen LogP contribution in [0, 0.1) is 17.3 Å². The maximum atomic E-state index is 12.1. The van der Waals surface area contributed by atoms with E-state index in [-0.39, 0.29) is 5.41 Å². The van der Waals surface area contributed by atoms with Gasteiger partial charge in [0.05, 0.1) is 0 Å². The van der Waals surface area contributed by atoms with Gasteiger partial charge in [-0.3, -0.25) is 0 Å². The van der Waals surface area contributed by atoms with Gasteiger partial charge in [0.15, 0.2) is 0 Å². The number of hydrogen-bond donors (Lipinski definition) is 0. The molecule has 0 aliphatic heterocycles.